The van der Waals surface area contributed by atoms with Gasteiger partial charge in [-0.05, 0) is 29.8 Å². The van der Waals surface area contributed by atoms with Crippen molar-refractivity contribution < 1.29 is 13.7 Å². The second-order valence-corrected chi connectivity index (χ2v) is 3.98. The zero-order chi connectivity index (χ0) is 13.9. The highest BCUT2D eigenvalue weighted by atomic mass is 19.1. The number of hydrogen-bond acceptors (Lipinski definition) is 4. The van der Waals surface area contributed by atoms with Crippen molar-refractivity contribution in [2.75, 3.05) is 5.32 Å². The highest BCUT2D eigenvalue weighted by molar-refractivity contribution is 6.01. The lowest BCUT2D eigenvalue weighted by molar-refractivity contribution is 0.0987. The van der Waals surface area contributed by atoms with E-state index in [-0.39, 0.29) is 17.5 Å². The zero-order valence-corrected chi connectivity index (χ0v) is 10.1. The minimum Gasteiger partial charge on any atom is -0.351 e. The van der Waals surface area contributed by atoms with Gasteiger partial charge in [0.15, 0.2) is 0 Å². The molecular formula is C13H9FN4O2. The lowest BCUT2D eigenvalue weighted by atomic mass is 10.2. The third-order valence-corrected chi connectivity index (χ3v) is 2.62. The molecule has 0 saturated carbocycles. The minimum atomic E-state index is -0.456. The third-order valence-electron chi connectivity index (χ3n) is 2.62. The van der Waals surface area contributed by atoms with Crippen LogP contribution in [0.5, 0.6) is 0 Å². The van der Waals surface area contributed by atoms with Gasteiger partial charge in [-0.25, -0.2) is 9.37 Å². The molecule has 0 saturated heterocycles. The van der Waals surface area contributed by atoms with Crippen LogP contribution in [0.25, 0.3) is 11.3 Å². The van der Waals surface area contributed by atoms with Gasteiger partial charge in [-0.15, -0.1) is 0 Å². The van der Waals surface area contributed by atoms with Crippen molar-refractivity contribution in [2.45, 2.75) is 0 Å². The molecule has 1 amide bonds. The molecule has 2 heterocycles. The molecule has 0 fully saturated rings. The predicted octanol–water partition coefficient (Wildman–Crippen LogP) is 2.46. The number of halogens is 1. The number of anilines is 1. The van der Waals surface area contributed by atoms with Crippen LogP contribution in [0, 0.1) is 5.82 Å². The Bertz CT molecular complexity index is 719. The molecular weight excluding hydrogens is 263 g/mol. The Balaban J connectivity index is 1.77. The first-order chi connectivity index (χ1) is 9.72. The van der Waals surface area contributed by atoms with Crippen LogP contribution in [0.3, 0.4) is 0 Å². The molecule has 0 bridgehead atoms. The molecule has 0 aliphatic rings. The van der Waals surface area contributed by atoms with Crippen molar-refractivity contribution in [3.05, 3.63) is 54.3 Å². The Hall–Kier alpha value is -2.96. The molecule has 3 rings (SSSR count). The van der Waals surface area contributed by atoms with Crippen LogP contribution in [-0.2, 0) is 0 Å². The average Bonchev–Trinajstić information content (AvgIpc) is 3.10. The van der Waals surface area contributed by atoms with Gasteiger partial charge in [-0.2, -0.15) is 0 Å². The van der Waals surface area contributed by atoms with Crippen LogP contribution in [0.4, 0.5) is 10.3 Å². The molecule has 0 spiro atoms. The summed E-state index contributed by atoms with van der Waals surface area (Å²) in [6.07, 6.45) is 2.92. The zero-order valence-electron chi connectivity index (χ0n) is 10.1. The van der Waals surface area contributed by atoms with E-state index in [0.29, 0.717) is 5.69 Å². The molecule has 2 aromatic heterocycles. The second-order valence-electron chi connectivity index (χ2n) is 3.98. The van der Waals surface area contributed by atoms with Crippen LogP contribution in [0.2, 0.25) is 0 Å². The Labute approximate surface area is 112 Å². The maximum atomic E-state index is 12.8. The minimum absolute atomic E-state index is 0.0877. The summed E-state index contributed by atoms with van der Waals surface area (Å²) in [4.78, 5) is 18.6. The van der Waals surface area contributed by atoms with Crippen molar-refractivity contribution >= 4 is 11.9 Å². The molecule has 0 radical (unpaired) electrons. The van der Waals surface area contributed by atoms with Crippen LogP contribution in [0.1, 0.15) is 10.6 Å². The molecule has 0 unspecified atom stereocenters. The van der Waals surface area contributed by atoms with E-state index < -0.39 is 5.91 Å². The van der Waals surface area contributed by atoms with Crippen LogP contribution < -0.4 is 5.32 Å². The molecule has 100 valence electrons. The highest BCUT2D eigenvalue weighted by Crippen LogP contribution is 2.19. The van der Waals surface area contributed by atoms with Gasteiger partial charge in [0.2, 0.25) is 11.7 Å². The van der Waals surface area contributed by atoms with E-state index in [1.807, 2.05) is 0 Å². The van der Waals surface area contributed by atoms with Crippen molar-refractivity contribution in [3.8, 4) is 11.3 Å². The van der Waals surface area contributed by atoms with Crippen LogP contribution in [0.15, 0.2) is 47.2 Å². The van der Waals surface area contributed by atoms with E-state index in [4.69, 9.17) is 4.52 Å². The fourth-order valence-electron chi connectivity index (χ4n) is 1.66. The Kier molecular flexibility index (Phi) is 3.00. The number of aromatic nitrogens is 3. The number of rotatable bonds is 3. The van der Waals surface area contributed by atoms with Gasteiger partial charge in [0.05, 0.1) is 18.1 Å². The SMILES string of the molecule is O=C(Nc1ncc(-c2ccc(F)cc2)[nH]1)c1ccno1. The van der Waals surface area contributed by atoms with Gasteiger partial charge in [-0.3, -0.25) is 10.1 Å². The van der Waals surface area contributed by atoms with E-state index >= 15 is 0 Å². The van der Waals surface area contributed by atoms with E-state index in [1.54, 1.807) is 18.3 Å². The lowest BCUT2D eigenvalue weighted by Gasteiger charge is -1.98. The number of nitrogens with zero attached hydrogens (tertiary/aromatic N) is 2. The number of carbonyl (C=O) groups is 1. The summed E-state index contributed by atoms with van der Waals surface area (Å²) in [5.41, 5.74) is 1.43. The second kappa shape index (κ2) is 4.96. The first kappa shape index (κ1) is 12.1. The maximum Gasteiger partial charge on any atom is 0.296 e. The van der Waals surface area contributed by atoms with E-state index in [2.05, 4.69) is 20.4 Å². The molecule has 6 nitrogen and oxygen atoms in total. The number of nitrogens with one attached hydrogen (secondary N) is 2. The summed E-state index contributed by atoms with van der Waals surface area (Å²) in [6, 6.07) is 7.38. The maximum absolute atomic E-state index is 12.8. The smallest absolute Gasteiger partial charge is 0.296 e. The largest absolute Gasteiger partial charge is 0.351 e. The van der Waals surface area contributed by atoms with Crippen molar-refractivity contribution in [3.63, 3.8) is 0 Å². The first-order valence-corrected chi connectivity index (χ1v) is 5.75. The monoisotopic (exact) mass is 272 g/mol. The number of H-pyrrole nitrogens is 1. The van der Waals surface area contributed by atoms with Crippen LogP contribution in [-0.4, -0.2) is 21.0 Å². The predicted molar refractivity (Wildman–Crippen MR) is 68.4 cm³/mol. The Morgan fingerprint density at radius 3 is 2.75 bits per heavy atom. The molecule has 0 aliphatic carbocycles. The molecule has 3 aromatic rings. The molecule has 2 N–H and O–H groups in total. The molecule has 0 atom stereocenters. The number of hydrogen-bond donors (Lipinski definition) is 2. The average molecular weight is 272 g/mol. The normalized spacial score (nSPS) is 10.4. The summed E-state index contributed by atoms with van der Waals surface area (Å²) >= 11 is 0. The van der Waals surface area contributed by atoms with Crippen molar-refractivity contribution in [1.82, 2.24) is 15.1 Å². The third kappa shape index (κ3) is 2.41. The topological polar surface area (TPSA) is 83.8 Å². The molecule has 1 aromatic carbocycles. The van der Waals surface area contributed by atoms with Crippen molar-refractivity contribution in [1.29, 1.82) is 0 Å². The van der Waals surface area contributed by atoms with Gasteiger partial charge < -0.3 is 9.51 Å². The van der Waals surface area contributed by atoms with E-state index in [0.717, 1.165) is 5.56 Å². The van der Waals surface area contributed by atoms with Crippen LogP contribution >= 0.6 is 0 Å². The fraction of sp³-hybridized carbons (Fsp3) is 0. The summed E-state index contributed by atoms with van der Waals surface area (Å²) in [5, 5.41) is 5.98. The van der Waals surface area contributed by atoms with E-state index in [9.17, 15) is 9.18 Å². The van der Waals surface area contributed by atoms with Gasteiger partial charge in [0, 0.05) is 6.07 Å². The van der Waals surface area contributed by atoms with E-state index in [1.165, 1.54) is 24.4 Å². The summed E-state index contributed by atoms with van der Waals surface area (Å²) in [7, 11) is 0. The van der Waals surface area contributed by atoms with Gasteiger partial charge >= 0.3 is 0 Å². The number of carbonyl (C=O) groups excluding carboxylic acids is 1. The Morgan fingerprint density at radius 2 is 2.05 bits per heavy atom. The van der Waals surface area contributed by atoms with Gasteiger partial charge in [-0.1, -0.05) is 5.16 Å². The fourth-order valence-corrected chi connectivity index (χ4v) is 1.66. The number of imidazole rings is 1. The van der Waals surface area contributed by atoms with Gasteiger partial charge in [0.1, 0.15) is 5.82 Å². The summed E-state index contributed by atoms with van der Waals surface area (Å²) < 4.78 is 17.6. The molecule has 0 aliphatic heterocycles. The quantitative estimate of drug-likeness (QED) is 0.767. The van der Waals surface area contributed by atoms with Gasteiger partial charge in [0.25, 0.3) is 5.91 Å². The lowest BCUT2D eigenvalue weighted by Crippen LogP contribution is -2.11. The standard InChI is InChI=1S/C13H9FN4O2/c14-9-3-1-8(2-4-9)10-7-15-13(17-10)18-12(19)11-5-6-16-20-11/h1-7H,(H2,15,17,18,19). The number of benzene rings is 1. The summed E-state index contributed by atoms with van der Waals surface area (Å²) in [6.45, 7) is 0. The summed E-state index contributed by atoms with van der Waals surface area (Å²) in [5.74, 6) is -0.412. The first-order valence-electron chi connectivity index (χ1n) is 5.75. The molecule has 7 heteroatoms. The highest BCUT2D eigenvalue weighted by Gasteiger charge is 2.12. The Morgan fingerprint density at radius 1 is 1.25 bits per heavy atom. The number of amides is 1. The van der Waals surface area contributed by atoms with Crippen molar-refractivity contribution in [2.24, 2.45) is 0 Å². The number of aromatic amines is 1. The molecule has 20 heavy (non-hydrogen) atoms.